The van der Waals surface area contributed by atoms with E-state index in [0.717, 1.165) is 31.7 Å². The summed E-state index contributed by atoms with van der Waals surface area (Å²) in [5.41, 5.74) is 0.531. The molecule has 2 unspecified atom stereocenters. The Morgan fingerprint density at radius 1 is 1.48 bits per heavy atom. The van der Waals surface area contributed by atoms with Gasteiger partial charge in [0.25, 0.3) is 0 Å². The number of hydrogen-bond donors (Lipinski definition) is 0. The lowest BCUT2D eigenvalue weighted by atomic mass is 10.1. The van der Waals surface area contributed by atoms with Gasteiger partial charge in [-0.1, -0.05) is 0 Å². The summed E-state index contributed by atoms with van der Waals surface area (Å²) < 4.78 is 5.45. The molecule has 1 aromatic heterocycles. The summed E-state index contributed by atoms with van der Waals surface area (Å²) in [5, 5.41) is 0. The highest BCUT2D eigenvalue weighted by molar-refractivity contribution is 5.68. The number of hydrogen-bond acceptors (Lipinski definition) is 5. The molecule has 2 atom stereocenters. The van der Waals surface area contributed by atoms with E-state index in [-0.39, 0.29) is 12.1 Å². The van der Waals surface area contributed by atoms with Crippen molar-refractivity contribution in [2.75, 3.05) is 26.7 Å². The quantitative estimate of drug-likeness (QED) is 0.854. The number of aromatic nitrogens is 2. The third-order valence-corrected chi connectivity index (χ3v) is 4.16. The van der Waals surface area contributed by atoms with Gasteiger partial charge in [0.2, 0.25) is 0 Å². The van der Waals surface area contributed by atoms with E-state index in [9.17, 15) is 4.79 Å². The minimum Gasteiger partial charge on any atom is -0.444 e. The van der Waals surface area contributed by atoms with Crippen LogP contribution in [0.15, 0.2) is 18.6 Å². The lowest BCUT2D eigenvalue weighted by molar-refractivity contribution is 0.0285. The second-order valence-electron chi connectivity index (χ2n) is 7.33. The smallest absolute Gasteiger partial charge is 0.410 e. The third kappa shape index (κ3) is 5.16. The molecule has 0 aromatic carbocycles. The molecular weight excluding hydrogens is 292 g/mol. The first-order valence-electron chi connectivity index (χ1n) is 8.20. The fraction of sp³-hybridized carbons (Fsp3) is 0.706. The van der Waals surface area contributed by atoms with E-state index in [4.69, 9.17) is 4.74 Å². The van der Waals surface area contributed by atoms with Crippen LogP contribution >= 0.6 is 0 Å². The normalized spacial score (nSPS) is 19.9. The molecule has 6 nitrogen and oxygen atoms in total. The van der Waals surface area contributed by atoms with Gasteiger partial charge < -0.3 is 9.64 Å². The molecule has 1 aliphatic heterocycles. The molecule has 0 saturated carbocycles. The van der Waals surface area contributed by atoms with Gasteiger partial charge in [-0.25, -0.2) is 4.79 Å². The summed E-state index contributed by atoms with van der Waals surface area (Å²) in [7, 11) is 2.09. The number of carbonyl (C=O) groups excluding carboxylic acids is 1. The van der Waals surface area contributed by atoms with Crippen LogP contribution in [0.3, 0.4) is 0 Å². The fourth-order valence-electron chi connectivity index (χ4n) is 2.79. The van der Waals surface area contributed by atoms with Crippen LogP contribution in [0.25, 0.3) is 0 Å². The van der Waals surface area contributed by atoms with Crippen molar-refractivity contribution < 1.29 is 9.53 Å². The van der Waals surface area contributed by atoms with E-state index in [1.54, 1.807) is 12.4 Å². The number of likely N-dealkylation sites (tertiary alicyclic amines) is 1. The molecule has 0 bridgehead atoms. The summed E-state index contributed by atoms with van der Waals surface area (Å²) in [6.07, 6.45) is 6.02. The maximum absolute atomic E-state index is 12.1. The first-order chi connectivity index (χ1) is 10.8. The molecule has 23 heavy (non-hydrogen) atoms. The van der Waals surface area contributed by atoms with Crippen LogP contribution in [0.1, 0.15) is 45.9 Å². The van der Waals surface area contributed by atoms with E-state index < -0.39 is 5.60 Å². The average molecular weight is 320 g/mol. The molecule has 0 radical (unpaired) electrons. The summed E-state index contributed by atoms with van der Waals surface area (Å²) in [5.74, 6) is 0.464. The molecule has 0 aliphatic carbocycles. The minimum atomic E-state index is -0.438. The Balaban J connectivity index is 1.84. The summed E-state index contributed by atoms with van der Waals surface area (Å²) in [6, 6.07) is 0.208. The van der Waals surface area contributed by atoms with Crippen molar-refractivity contribution in [3.63, 3.8) is 0 Å². The SMILES string of the molecule is CC(c1cnccn1)N(C)CC1CCN(C(=O)OC(C)(C)C)C1. The van der Waals surface area contributed by atoms with Crippen molar-refractivity contribution in [3.8, 4) is 0 Å². The molecule has 0 N–H and O–H groups in total. The van der Waals surface area contributed by atoms with Crippen LogP contribution in [-0.2, 0) is 4.74 Å². The zero-order valence-corrected chi connectivity index (χ0v) is 14.8. The monoisotopic (exact) mass is 320 g/mol. The van der Waals surface area contributed by atoms with Crippen LogP contribution in [0.5, 0.6) is 0 Å². The summed E-state index contributed by atoms with van der Waals surface area (Å²) in [6.45, 7) is 10.3. The maximum Gasteiger partial charge on any atom is 0.410 e. The number of carbonyl (C=O) groups is 1. The van der Waals surface area contributed by atoms with Gasteiger partial charge in [0.1, 0.15) is 5.60 Å². The highest BCUT2D eigenvalue weighted by atomic mass is 16.6. The molecule has 6 heteroatoms. The fourth-order valence-corrected chi connectivity index (χ4v) is 2.79. The van der Waals surface area contributed by atoms with Crippen molar-refractivity contribution in [2.24, 2.45) is 5.92 Å². The standard InChI is InChI=1S/C17H28N4O2/c1-13(15-10-18-7-8-19-15)20(5)11-14-6-9-21(12-14)16(22)23-17(2,3)4/h7-8,10,13-14H,6,9,11-12H2,1-5H3. The number of ether oxygens (including phenoxy) is 1. The van der Waals surface area contributed by atoms with E-state index in [1.807, 2.05) is 31.9 Å². The van der Waals surface area contributed by atoms with Gasteiger partial charge in [-0.2, -0.15) is 0 Å². The second kappa shape index (κ2) is 7.25. The molecule has 1 fully saturated rings. The van der Waals surface area contributed by atoms with Gasteiger partial charge in [-0.05, 0) is 47.1 Å². The van der Waals surface area contributed by atoms with Gasteiger partial charge >= 0.3 is 6.09 Å². The molecule has 1 amide bonds. The number of rotatable bonds is 4. The zero-order chi connectivity index (χ0) is 17.0. The summed E-state index contributed by atoms with van der Waals surface area (Å²) in [4.78, 5) is 24.7. The maximum atomic E-state index is 12.1. The van der Waals surface area contributed by atoms with Gasteiger partial charge in [-0.15, -0.1) is 0 Å². The van der Waals surface area contributed by atoms with E-state index in [2.05, 4.69) is 28.8 Å². The van der Waals surface area contributed by atoms with Crippen molar-refractivity contribution in [1.29, 1.82) is 0 Å². The van der Waals surface area contributed by atoms with Crippen LogP contribution in [-0.4, -0.2) is 58.1 Å². The highest BCUT2D eigenvalue weighted by Crippen LogP contribution is 2.23. The Morgan fingerprint density at radius 3 is 2.83 bits per heavy atom. The molecule has 2 rings (SSSR count). The predicted octanol–water partition coefficient (Wildman–Crippen LogP) is 2.73. The Bertz CT molecular complexity index is 515. The van der Waals surface area contributed by atoms with E-state index in [0.29, 0.717) is 5.92 Å². The molecule has 1 aliphatic rings. The van der Waals surface area contributed by atoms with Crippen molar-refractivity contribution in [3.05, 3.63) is 24.3 Å². The molecule has 0 spiro atoms. The van der Waals surface area contributed by atoms with E-state index >= 15 is 0 Å². The topological polar surface area (TPSA) is 58.6 Å². The van der Waals surface area contributed by atoms with Crippen molar-refractivity contribution >= 4 is 6.09 Å². The first kappa shape index (κ1) is 17.7. The van der Waals surface area contributed by atoms with Crippen molar-refractivity contribution in [2.45, 2.75) is 45.8 Å². The molecule has 128 valence electrons. The van der Waals surface area contributed by atoms with Gasteiger partial charge in [-0.3, -0.25) is 14.9 Å². The Morgan fingerprint density at radius 2 is 2.22 bits per heavy atom. The Labute approximate surface area is 138 Å². The highest BCUT2D eigenvalue weighted by Gasteiger charge is 2.31. The number of amides is 1. The van der Waals surface area contributed by atoms with Crippen LogP contribution in [0.2, 0.25) is 0 Å². The first-order valence-corrected chi connectivity index (χ1v) is 8.20. The van der Waals surface area contributed by atoms with Crippen molar-refractivity contribution in [1.82, 2.24) is 19.8 Å². The largest absolute Gasteiger partial charge is 0.444 e. The van der Waals surface area contributed by atoms with Crippen LogP contribution in [0.4, 0.5) is 4.79 Å². The van der Waals surface area contributed by atoms with Gasteiger partial charge in [0.15, 0.2) is 0 Å². The number of nitrogens with zero attached hydrogens (tertiary/aromatic N) is 4. The molecule has 2 heterocycles. The predicted molar refractivity (Wildman–Crippen MR) is 89.0 cm³/mol. The lowest BCUT2D eigenvalue weighted by Gasteiger charge is -2.27. The molecular formula is C17H28N4O2. The summed E-state index contributed by atoms with van der Waals surface area (Å²) >= 11 is 0. The van der Waals surface area contributed by atoms with Crippen LogP contribution < -0.4 is 0 Å². The lowest BCUT2D eigenvalue weighted by Crippen LogP contribution is -2.36. The molecule has 1 aromatic rings. The third-order valence-electron chi connectivity index (χ3n) is 4.16. The second-order valence-corrected chi connectivity index (χ2v) is 7.33. The Kier molecular flexibility index (Phi) is 5.57. The van der Waals surface area contributed by atoms with Crippen LogP contribution in [0, 0.1) is 5.92 Å². The zero-order valence-electron chi connectivity index (χ0n) is 14.8. The average Bonchev–Trinajstić information content (AvgIpc) is 2.94. The molecule has 1 saturated heterocycles. The Hall–Kier alpha value is -1.69. The van der Waals surface area contributed by atoms with Gasteiger partial charge in [0.05, 0.1) is 11.7 Å². The minimum absolute atomic E-state index is 0.204. The van der Waals surface area contributed by atoms with Gasteiger partial charge in [0, 0.05) is 38.2 Å². The van der Waals surface area contributed by atoms with E-state index in [1.165, 1.54) is 0 Å².